The minimum Gasteiger partial charge on any atom is -0.350 e. The molecule has 0 spiro atoms. The van der Waals surface area contributed by atoms with Crippen LogP contribution in [0.15, 0.2) is 55.1 Å². The number of alkyl halides is 3. The number of hydrogen-bond donors (Lipinski definition) is 3. The highest BCUT2D eigenvalue weighted by molar-refractivity contribution is 6.04. The molecule has 180 valence electrons. The molecule has 3 N–H and O–H groups in total. The maximum atomic E-state index is 12.7. The zero-order chi connectivity index (χ0) is 24.7. The molecule has 0 aliphatic heterocycles. The molecule has 1 aromatic heterocycles. The van der Waals surface area contributed by atoms with E-state index in [1.807, 2.05) is 19.1 Å². The number of rotatable bonds is 4. The number of carbonyl (C=O) groups excluding carboxylic acids is 2. The zero-order valence-electron chi connectivity index (χ0n) is 18.8. The smallest absolute Gasteiger partial charge is 0.350 e. The molecule has 6 nitrogen and oxygen atoms in total. The topological polar surface area (TPSA) is 86.9 Å². The second kappa shape index (κ2) is 11.0. The fraction of sp³-hybridized carbons (Fsp3) is 0.320. The number of fused-ring (bicyclic) bond motifs is 1. The van der Waals surface area contributed by atoms with E-state index in [0.29, 0.717) is 11.6 Å². The maximum Gasteiger partial charge on any atom is 0.416 e. The van der Waals surface area contributed by atoms with Gasteiger partial charge in [-0.2, -0.15) is 13.2 Å². The molecule has 34 heavy (non-hydrogen) atoms. The van der Waals surface area contributed by atoms with Crippen molar-refractivity contribution in [2.75, 3.05) is 5.32 Å². The number of imidazole rings is 1. The third-order valence-electron chi connectivity index (χ3n) is 5.54. The highest BCUT2D eigenvalue weighted by atomic mass is 19.4. The second-order valence-corrected chi connectivity index (χ2v) is 8.14. The van der Waals surface area contributed by atoms with Crippen molar-refractivity contribution in [2.24, 2.45) is 0 Å². The number of benzene rings is 2. The van der Waals surface area contributed by atoms with E-state index in [9.17, 15) is 22.8 Å². The first-order valence-electron chi connectivity index (χ1n) is 11.0. The van der Waals surface area contributed by atoms with E-state index < -0.39 is 17.6 Å². The summed E-state index contributed by atoms with van der Waals surface area (Å²) in [6.45, 7) is 5.29. The first kappa shape index (κ1) is 25.0. The molecule has 0 saturated heterocycles. The number of hydrogen-bond acceptors (Lipinski definition) is 3. The van der Waals surface area contributed by atoms with Crippen molar-refractivity contribution >= 4 is 28.8 Å². The lowest BCUT2D eigenvalue weighted by molar-refractivity contribution is -0.137. The van der Waals surface area contributed by atoms with Gasteiger partial charge in [0.05, 0.1) is 16.6 Å². The number of para-hydroxylation sites is 1. The van der Waals surface area contributed by atoms with Crippen LogP contribution >= 0.6 is 0 Å². The largest absolute Gasteiger partial charge is 0.416 e. The standard InChI is InChI=1S/C16H12F3N3O.C9H15NO/c1-9-4-2-7-12-13(9)21-15(20-12)22-14(23)10-5-3-6-11(8-10)16(17,18)19;1-2-9(11)10-8-6-4-3-5-7-8/h2-8H,1H3,(H2,20,21,22,23);2,8H,1,3-7H2,(H,10,11). The van der Waals surface area contributed by atoms with Gasteiger partial charge in [-0.15, -0.1) is 0 Å². The predicted octanol–water partition coefficient (Wildman–Crippen LogP) is 5.76. The summed E-state index contributed by atoms with van der Waals surface area (Å²) < 4.78 is 38.1. The highest BCUT2D eigenvalue weighted by Crippen LogP contribution is 2.29. The first-order chi connectivity index (χ1) is 16.2. The van der Waals surface area contributed by atoms with Gasteiger partial charge in [0.1, 0.15) is 0 Å². The predicted molar refractivity (Wildman–Crippen MR) is 125 cm³/mol. The number of aryl methyl sites for hydroxylation is 1. The van der Waals surface area contributed by atoms with Crippen LogP contribution in [0, 0.1) is 6.92 Å². The molecule has 0 atom stereocenters. The Hall–Kier alpha value is -3.62. The number of nitrogens with zero attached hydrogens (tertiary/aromatic N) is 1. The summed E-state index contributed by atoms with van der Waals surface area (Å²) in [6, 6.07) is 10.2. The molecule has 1 heterocycles. The normalized spacial score (nSPS) is 14.1. The third kappa shape index (κ3) is 6.69. The Kier molecular flexibility index (Phi) is 8.09. The van der Waals surface area contributed by atoms with Gasteiger partial charge in [-0.1, -0.05) is 44.0 Å². The molecule has 1 saturated carbocycles. The van der Waals surface area contributed by atoms with E-state index in [0.717, 1.165) is 36.1 Å². The Morgan fingerprint density at radius 3 is 2.47 bits per heavy atom. The van der Waals surface area contributed by atoms with Crippen molar-refractivity contribution in [2.45, 2.75) is 51.2 Å². The van der Waals surface area contributed by atoms with Crippen LogP contribution < -0.4 is 10.6 Å². The van der Waals surface area contributed by atoms with Crippen LogP contribution in [-0.4, -0.2) is 27.8 Å². The fourth-order valence-electron chi connectivity index (χ4n) is 3.76. The van der Waals surface area contributed by atoms with E-state index in [-0.39, 0.29) is 17.4 Å². The van der Waals surface area contributed by atoms with Crippen molar-refractivity contribution in [1.29, 1.82) is 0 Å². The Bertz CT molecular complexity index is 1160. The van der Waals surface area contributed by atoms with E-state index in [4.69, 9.17) is 0 Å². The quantitative estimate of drug-likeness (QED) is 0.422. The van der Waals surface area contributed by atoms with E-state index in [1.165, 1.54) is 37.5 Å². The molecule has 0 bridgehead atoms. The van der Waals surface area contributed by atoms with Gasteiger partial charge in [0.25, 0.3) is 5.91 Å². The summed E-state index contributed by atoms with van der Waals surface area (Å²) >= 11 is 0. The Balaban J connectivity index is 0.000000248. The number of nitrogens with one attached hydrogen (secondary N) is 3. The van der Waals surface area contributed by atoms with Gasteiger partial charge >= 0.3 is 6.18 Å². The van der Waals surface area contributed by atoms with Crippen molar-refractivity contribution in [3.63, 3.8) is 0 Å². The van der Waals surface area contributed by atoms with Gasteiger partial charge in [-0.05, 0) is 55.7 Å². The number of aromatic amines is 1. The summed E-state index contributed by atoms with van der Waals surface area (Å²) in [5, 5.41) is 5.39. The van der Waals surface area contributed by atoms with E-state index >= 15 is 0 Å². The van der Waals surface area contributed by atoms with E-state index in [1.54, 1.807) is 6.07 Å². The Morgan fingerprint density at radius 2 is 1.82 bits per heavy atom. The molecular formula is C25H27F3N4O2. The summed E-state index contributed by atoms with van der Waals surface area (Å²) in [7, 11) is 0. The minimum atomic E-state index is -4.49. The van der Waals surface area contributed by atoms with Gasteiger partial charge in [-0.25, -0.2) is 4.98 Å². The van der Waals surface area contributed by atoms with Crippen LogP contribution in [0.1, 0.15) is 53.6 Å². The van der Waals surface area contributed by atoms with Crippen molar-refractivity contribution in [3.8, 4) is 0 Å². The fourth-order valence-corrected chi connectivity index (χ4v) is 3.76. The second-order valence-electron chi connectivity index (χ2n) is 8.14. The maximum absolute atomic E-state index is 12.7. The minimum absolute atomic E-state index is 0.0306. The molecule has 1 aliphatic rings. The summed E-state index contributed by atoms with van der Waals surface area (Å²) in [6.07, 6.45) is 2.95. The SMILES string of the molecule is C=CC(=O)NC1CCCCC1.Cc1cccc2[nH]c(NC(=O)c3cccc(C(F)(F)F)c3)nc12. The van der Waals surface area contributed by atoms with Gasteiger partial charge in [-0.3, -0.25) is 14.9 Å². The molecule has 4 rings (SSSR count). The zero-order valence-corrected chi connectivity index (χ0v) is 18.8. The van der Waals surface area contributed by atoms with Gasteiger partial charge in [0, 0.05) is 11.6 Å². The van der Waals surface area contributed by atoms with Gasteiger partial charge < -0.3 is 10.3 Å². The molecular weight excluding hydrogens is 445 g/mol. The van der Waals surface area contributed by atoms with Crippen LogP contribution in [0.25, 0.3) is 11.0 Å². The van der Waals surface area contributed by atoms with Crippen LogP contribution in [0.2, 0.25) is 0 Å². The Morgan fingerprint density at radius 1 is 1.12 bits per heavy atom. The highest BCUT2D eigenvalue weighted by Gasteiger charge is 2.31. The lowest BCUT2D eigenvalue weighted by Gasteiger charge is -2.21. The molecule has 9 heteroatoms. The molecule has 1 fully saturated rings. The van der Waals surface area contributed by atoms with Crippen LogP contribution in [0.3, 0.4) is 0 Å². The lowest BCUT2D eigenvalue weighted by atomic mass is 9.95. The van der Waals surface area contributed by atoms with Crippen LogP contribution in [-0.2, 0) is 11.0 Å². The third-order valence-corrected chi connectivity index (χ3v) is 5.54. The molecule has 2 aromatic carbocycles. The number of amides is 2. The average molecular weight is 473 g/mol. The molecule has 0 unspecified atom stereocenters. The van der Waals surface area contributed by atoms with Gasteiger partial charge in [0.2, 0.25) is 11.9 Å². The molecule has 2 amide bonds. The van der Waals surface area contributed by atoms with Crippen LogP contribution in [0.5, 0.6) is 0 Å². The lowest BCUT2D eigenvalue weighted by Crippen LogP contribution is -2.34. The summed E-state index contributed by atoms with van der Waals surface area (Å²) in [5.41, 5.74) is 1.41. The molecule has 1 aliphatic carbocycles. The van der Waals surface area contributed by atoms with Crippen molar-refractivity contribution in [1.82, 2.24) is 15.3 Å². The van der Waals surface area contributed by atoms with E-state index in [2.05, 4.69) is 27.2 Å². The van der Waals surface area contributed by atoms with Crippen LogP contribution in [0.4, 0.5) is 19.1 Å². The average Bonchev–Trinajstić information content (AvgIpc) is 3.23. The summed E-state index contributed by atoms with van der Waals surface area (Å²) in [5.74, 6) is -0.499. The van der Waals surface area contributed by atoms with Crippen molar-refractivity contribution in [3.05, 3.63) is 71.8 Å². The Labute approximate surface area is 195 Å². The monoisotopic (exact) mass is 472 g/mol. The number of anilines is 1. The van der Waals surface area contributed by atoms with Crippen molar-refractivity contribution < 1.29 is 22.8 Å². The number of H-pyrrole nitrogens is 1. The molecule has 3 aromatic rings. The first-order valence-corrected chi connectivity index (χ1v) is 11.0. The van der Waals surface area contributed by atoms with Gasteiger partial charge in [0.15, 0.2) is 0 Å². The molecule has 0 radical (unpaired) electrons. The number of aromatic nitrogens is 2. The number of carbonyl (C=O) groups is 2. The number of halogens is 3. The summed E-state index contributed by atoms with van der Waals surface area (Å²) in [4.78, 5) is 30.1.